The first-order valence-corrected chi connectivity index (χ1v) is 8.31. The molecule has 26 heavy (non-hydrogen) atoms. The first-order chi connectivity index (χ1) is 11.6. The lowest BCUT2D eigenvalue weighted by Gasteiger charge is -2.32. The van der Waals surface area contributed by atoms with Gasteiger partial charge in [-0.15, -0.1) is 24.8 Å². The Morgan fingerprint density at radius 2 is 2.12 bits per heavy atom. The van der Waals surface area contributed by atoms with Gasteiger partial charge in [0, 0.05) is 32.9 Å². The summed E-state index contributed by atoms with van der Waals surface area (Å²) in [5, 5.41) is 5.88. The van der Waals surface area contributed by atoms with E-state index in [1.165, 1.54) is 0 Å². The summed E-state index contributed by atoms with van der Waals surface area (Å²) in [6.45, 7) is 4.60. The number of likely N-dealkylation sites (tertiary alicyclic amines) is 1. The van der Waals surface area contributed by atoms with Crippen LogP contribution in [0.1, 0.15) is 18.4 Å². The molecule has 2 N–H and O–H groups in total. The third-order valence-electron chi connectivity index (χ3n) is 4.07. The van der Waals surface area contributed by atoms with Gasteiger partial charge in [-0.3, -0.25) is 9.59 Å². The molecule has 1 aliphatic rings. The van der Waals surface area contributed by atoms with E-state index in [2.05, 4.69) is 15.6 Å². The van der Waals surface area contributed by atoms with Gasteiger partial charge >= 0.3 is 0 Å². The number of halogens is 2. The van der Waals surface area contributed by atoms with Crippen LogP contribution in [-0.2, 0) is 14.3 Å². The zero-order valence-corrected chi connectivity index (χ0v) is 16.8. The molecule has 1 aromatic heterocycles. The number of amides is 2. The number of anilines is 1. The summed E-state index contributed by atoms with van der Waals surface area (Å²) in [4.78, 5) is 30.6. The number of hydrogen-bond acceptors (Lipinski definition) is 5. The van der Waals surface area contributed by atoms with E-state index >= 15 is 0 Å². The molecule has 0 saturated carbocycles. The highest BCUT2D eigenvalue weighted by molar-refractivity contribution is 5.92. The van der Waals surface area contributed by atoms with Crippen molar-refractivity contribution in [1.29, 1.82) is 0 Å². The molecule has 0 aromatic carbocycles. The normalized spacial score (nSPS) is 16.2. The molecule has 2 amide bonds. The van der Waals surface area contributed by atoms with Crippen LogP contribution in [0.2, 0.25) is 0 Å². The number of aromatic nitrogens is 1. The Hall–Kier alpha value is -1.41. The Kier molecular flexibility index (Phi) is 12.2. The zero-order valence-electron chi connectivity index (χ0n) is 15.2. The van der Waals surface area contributed by atoms with Crippen LogP contribution in [0.5, 0.6) is 0 Å². The monoisotopic (exact) mass is 406 g/mol. The second-order valence-corrected chi connectivity index (χ2v) is 6.06. The molecule has 1 saturated heterocycles. The quantitative estimate of drug-likeness (QED) is 0.672. The predicted octanol–water partition coefficient (Wildman–Crippen LogP) is 1.65. The lowest BCUT2D eigenvalue weighted by molar-refractivity contribution is -0.133. The third kappa shape index (κ3) is 7.86. The molecule has 1 aromatic rings. The average molecular weight is 407 g/mol. The minimum atomic E-state index is -0.190. The molecule has 1 unspecified atom stereocenters. The highest BCUT2D eigenvalue weighted by atomic mass is 35.5. The van der Waals surface area contributed by atoms with Crippen LogP contribution in [0.15, 0.2) is 18.3 Å². The van der Waals surface area contributed by atoms with Crippen molar-refractivity contribution in [3.63, 3.8) is 0 Å². The zero-order chi connectivity index (χ0) is 17.4. The Morgan fingerprint density at radius 1 is 1.35 bits per heavy atom. The molecule has 9 heteroatoms. The lowest BCUT2D eigenvalue weighted by atomic mass is 9.97. The highest BCUT2D eigenvalue weighted by Crippen LogP contribution is 2.18. The number of methoxy groups -OCH3 is 1. The van der Waals surface area contributed by atoms with E-state index in [1.807, 2.05) is 13.0 Å². The molecule has 0 radical (unpaired) electrons. The van der Waals surface area contributed by atoms with Gasteiger partial charge in [-0.05, 0) is 31.4 Å². The van der Waals surface area contributed by atoms with E-state index in [9.17, 15) is 9.59 Å². The maximum atomic E-state index is 12.4. The number of nitrogens with zero attached hydrogens (tertiary/aromatic N) is 2. The van der Waals surface area contributed by atoms with Crippen LogP contribution >= 0.6 is 24.8 Å². The van der Waals surface area contributed by atoms with E-state index < -0.39 is 0 Å². The van der Waals surface area contributed by atoms with Gasteiger partial charge in [-0.1, -0.05) is 6.07 Å². The topological polar surface area (TPSA) is 83.6 Å². The number of aryl methyl sites for hydroxylation is 1. The number of carbonyl (C=O) groups is 2. The van der Waals surface area contributed by atoms with E-state index in [-0.39, 0.29) is 49.1 Å². The van der Waals surface area contributed by atoms with Crippen LogP contribution in [0.4, 0.5) is 5.82 Å². The first-order valence-electron chi connectivity index (χ1n) is 8.31. The maximum absolute atomic E-state index is 12.4. The molecule has 1 atom stereocenters. The largest absolute Gasteiger partial charge is 0.383 e. The predicted molar refractivity (Wildman–Crippen MR) is 106 cm³/mol. The lowest BCUT2D eigenvalue weighted by Crippen LogP contribution is -2.47. The van der Waals surface area contributed by atoms with E-state index in [0.717, 1.165) is 18.4 Å². The van der Waals surface area contributed by atoms with Gasteiger partial charge in [0.2, 0.25) is 11.8 Å². The fourth-order valence-electron chi connectivity index (χ4n) is 2.67. The molecule has 0 aliphatic carbocycles. The SMILES string of the molecule is COCCNCC(=O)N1CCCC(C(=O)Nc2ccc(C)cn2)C1.Cl.Cl. The molecule has 0 bridgehead atoms. The highest BCUT2D eigenvalue weighted by Gasteiger charge is 2.28. The summed E-state index contributed by atoms with van der Waals surface area (Å²) in [7, 11) is 1.63. The van der Waals surface area contributed by atoms with Gasteiger partial charge in [0.1, 0.15) is 5.82 Å². The molecular weight excluding hydrogens is 379 g/mol. The third-order valence-corrected chi connectivity index (χ3v) is 4.07. The summed E-state index contributed by atoms with van der Waals surface area (Å²) in [5.74, 6) is 0.313. The van der Waals surface area contributed by atoms with E-state index in [0.29, 0.717) is 32.1 Å². The van der Waals surface area contributed by atoms with Crippen molar-refractivity contribution >= 4 is 42.4 Å². The van der Waals surface area contributed by atoms with Crippen molar-refractivity contribution in [2.45, 2.75) is 19.8 Å². The molecule has 1 fully saturated rings. The maximum Gasteiger partial charge on any atom is 0.236 e. The number of piperidine rings is 1. The van der Waals surface area contributed by atoms with Gasteiger partial charge in [0.05, 0.1) is 19.1 Å². The second-order valence-electron chi connectivity index (χ2n) is 6.06. The molecular formula is C17H28Cl2N4O3. The number of nitrogens with one attached hydrogen (secondary N) is 2. The molecule has 0 spiro atoms. The first kappa shape index (κ1) is 24.6. The van der Waals surface area contributed by atoms with Crippen LogP contribution in [-0.4, -0.2) is 61.6 Å². The molecule has 1 aliphatic heterocycles. The Balaban J connectivity index is 0.00000312. The van der Waals surface area contributed by atoms with Crippen molar-refractivity contribution < 1.29 is 14.3 Å². The number of pyridine rings is 1. The summed E-state index contributed by atoms with van der Waals surface area (Å²) >= 11 is 0. The Bertz CT molecular complexity index is 557. The standard InChI is InChI=1S/C17H26N4O3.2ClH/c1-13-5-6-15(19-10-13)20-17(23)14-4-3-8-21(12-14)16(22)11-18-7-9-24-2;;/h5-6,10,14,18H,3-4,7-9,11-12H2,1-2H3,(H,19,20,23);2*1H. The smallest absolute Gasteiger partial charge is 0.236 e. The molecule has 7 nitrogen and oxygen atoms in total. The Labute approximate surface area is 167 Å². The summed E-state index contributed by atoms with van der Waals surface area (Å²) in [5.41, 5.74) is 1.04. The van der Waals surface area contributed by atoms with Gasteiger partial charge < -0.3 is 20.3 Å². The van der Waals surface area contributed by atoms with Gasteiger partial charge in [-0.2, -0.15) is 0 Å². The average Bonchev–Trinajstić information content (AvgIpc) is 2.60. The van der Waals surface area contributed by atoms with Crippen LogP contribution < -0.4 is 10.6 Å². The fourth-order valence-corrected chi connectivity index (χ4v) is 2.67. The van der Waals surface area contributed by atoms with Crippen LogP contribution in [0.25, 0.3) is 0 Å². The number of ether oxygens (including phenoxy) is 1. The summed E-state index contributed by atoms with van der Waals surface area (Å²) in [6.07, 6.45) is 3.35. The minimum absolute atomic E-state index is 0. The van der Waals surface area contributed by atoms with Crippen molar-refractivity contribution in [1.82, 2.24) is 15.2 Å². The van der Waals surface area contributed by atoms with E-state index in [1.54, 1.807) is 24.3 Å². The van der Waals surface area contributed by atoms with Crippen LogP contribution in [0, 0.1) is 12.8 Å². The van der Waals surface area contributed by atoms with Crippen molar-refractivity contribution in [3.05, 3.63) is 23.9 Å². The molecule has 2 rings (SSSR count). The van der Waals surface area contributed by atoms with Gasteiger partial charge in [0.15, 0.2) is 0 Å². The van der Waals surface area contributed by atoms with Gasteiger partial charge in [0.25, 0.3) is 0 Å². The summed E-state index contributed by atoms with van der Waals surface area (Å²) < 4.78 is 4.94. The Morgan fingerprint density at radius 3 is 2.77 bits per heavy atom. The number of rotatable bonds is 7. The van der Waals surface area contributed by atoms with Crippen molar-refractivity contribution in [2.75, 3.05) is 45.2 Å². The van der Waals surface area contributed by atoms with Crippen molar-refractivity contribution in [3.8, 4) is 0 Å². The van der Waals surface area contributed by atoms with Crippen molar-refractivity contribution in [2.24, 2.45) is 5.92 Å². The van der Waals surface area contributed by atoms with Gasteiger partial charge in [-0.25, -0.2) is 4.98 Å². The molecule has 2 heterocycles. The minimum Gasteiger partial charge on any atom is -0.383 e. The van der Waals surface area contributed by atoms with E-state index in [4.69, 9.17) is 4.74 Å². The van der Waals surface area contributed by atoms with Crippen LogP contribution in [0.3, 0.4) is 0 Å². The number of hydrogen-bond donors (Lipinski definition) is 2. The number of carbonyl (C=O) groups excluding carboxylic acids is 2. The molecule has 148 valence electrons. The summed E-state index contributed by atoms with van der Waals surface area (Å²) in [6, 6.07) is 3.70. The second kappa shape index (κ2) is 12.9. The fraction of sp³-hybridized carbons (Fsp3) is 0.588.